The molecular formula is C26H47ClN8O7S. The summed E-state index contributed by atoms with van der Waals surface area (Å²) in [6.45, 7) is 3.26. The molecule has 0 radical (unpaired) electrons. The highest BCUT2D eigenvalue weighted by molar-refractivity contribution is 8.00. The molecule has 2 aliphatic rings. The van der Waals surface area contributed by atoms with Gasteiger partial charge in [-0.1, -0.05) is 6.42 Å². The number of nitrogens with zero attached hydrogens (tertiary/aromatic N) is 1. The summed E-state index contributed by atoms with van der Waals surface area (Å²) in [7, 11) is 0. The molecule has 17 heteroatoms. The van der Waals surface area contributed by atoms with E-state index in [-0.39, 0.29) is 54.9 Å². The first-order valence-electron chi connectivity index (χ1n) is 14.7. The van der Waals surface area contributed by atoms with E-state index < -0.39 is 11.9 Å². The van der Waals surface area contributed by atoms with Crippen molar-refractivity contribution in [3.63, 3.8) is 0 Å². The van der Waals surface area contributed by atoms with E-state index >= 15 is 0 Å². The molecule has 0 saturated carbocycles. The maximum Gasteiger partial charge on any atom is 0.315 e. The van der Waals surface area contributed by atoms with E-state index in [4.69, 9.17) is 37.3 Å². The fraction of sp³-hybridized carbons (Fsp3) is 0.808. The molecule has 0 aromatic heterocycles. The van der Waals surface area contributed by atoms with Crippen LogP contribution < -0.4 is 38.1 Å². The van der Waals surface area contributed by atoms with Crippen LogP contribution in [0.1, 0.15) is 38.5 Å². The van der Waals surface area contributed by atoms with E-state index in [0.717, 1.165) is 25.0 Å². The predicted octanol–water partition coefficient (Wildman–Crippen LogP) is -1.23. The number of ether oxygens (including phenoxy) is 3. The van der Waals surface area contributed by atoms with E-state index in [1.165, 1.54) is 0 Å². The van der Waals surface area contributed by atoms with Crippen molar-refractivity contribution in [1.82, 2.24) is 26.6 Å². The Morgan fingerprint density at radius 2 is 1.63 bits per heavy atom. The monoisotopic (exact) mass is 650 g/mol. The molecule has 9 N–H and O–H groups in total. The minimum Gasteiger partial charge on any atom is -0.377 e. The molecule has 43 heavy (non-hydrogen) atoms. The van der Waals surface area contributed by atoms with Gasteiger partial charge in [0.25, 0.3) is 0 Å². The molecule has 5 amide bonds. The fourth-order valence-corrected chi connectivity index (χ4v) is 6.16. The highest BCUT2D eigenvalue weighted by Gasteiger charge is 2.42. The number of carbonyl (C=O) groups excluding carboxylic acids is 4. The number of guanidine groups is 1. The van der Waals surface area contributed by atoms with Gasteiger partial charge < -0.3 is 52.3 Å². The third-order valence-corrected chi connectivity index (χ3v) is 8.41. The van der Waals surface area contributed by atoms with Gasteiger partial charge in [0.1, 0.15) is 11.9 Å². The number of hydrogen-bond donors (Lipinski definition) is 7. The molecule has 2 rings (SSSR count). The summed E-state index contributed by atoms with van der Waals surface area (Å²) in [5.74, 6) is -0.0970. The normalized spacial score (nSPS) is 19.6. The molecule has 246 valence electrons. The van der Waals surface area contributed by atoms with Gasteiger partial charge >= 0.3 is 6.03 Å². The van der Waals surface area contributed by atoms with Crippen molar-refractivity contribution in [1.29, 1.82) is 0 Å². The zero-order valence-electron chi connectivity index (χ0n) is 24.6. The maximum atomic E-state index is 12.4. The second kappa shape index (κ2) is 22.0. The van der Waals surface area contributed by atoms with Crippen LogP contribution in [0.2, 0.25) is 0 Å². The van der Waals surface area contributed by atoms with Gasteiger partial charge in [0.05, 0.1) is 51.7 Å². The number of aliphatic imine (C=N–C) groups is 1. The summed E-state index contributed by atoms with van der Waals surface area (Å²) in [5, 5.41) is 14.5. The van der Waals surface area contributed by atoms with Gasteiger partial charge in [-0.05, 0) is 25.7 Å². The number of carbonyl (C=O) groups is 4. The van der Waals surface area contributed by atoms with Gasteiger partial charge in [0, 0.05) is 37.1 Å². The molecule has 4 atom stereocenters. The molecule has 0 aromatic carbocycles. The van der Waals surface area contributed by atoms with E-state index in [0.29, 0.717) is 70.6 Å². The summed E-state index contributed by atoms with van der Waals surface area (Å²) in [4.78, 5) is 51.3. The molecule has 15 nitrogen and oxygen atoms in total. The molecule has 0 aliphatic carbocycles. The highest BCUT2D eigenvalue weighted by atomic mass is 35.5. The molecular weight excluding hydrogens is 604 g/mol. The van der Waals surface area contributed by atoms with Crippen molar-refractivity contribution in [3.8, 4) is 0 Å². The third kappa shape index (κ3) is 16.2. The number of thioether (sulfide) groups is 1. The molecule has 0 bridgehead atoms. The average Bonchev–Trinajstić information content (AvgIpc) is 3.53. The Morgan fingerprint density at radius 1 is 0.953 bits per heavy atom. The first kappa shape index (κ1) is 36.7. The number of rotatable bonds is 24. The first-order chi connectivity index (χ1) is 20.8. The molecule has 0 unspecified atom stereocenters. The Hall–Kier alpha value is -2.53. The van der Waals surface area contributed by atoms with Crippen molar-refractivity contribution >= 4 is 53.1 Å². The minimum absolute atomic E-state index is 0.0133. The largest absolute Gasteiger partial charge is 0.377 e. The Balaban J connectivity index is 1.36. The van der Waals surface area contributed by atoms with Crippen LogP contribution in [0.3, 0.4) is 0 Å². The molecule has 0 aromatic rings. The van der Waals surface area contributed by atoms with Gasteiger partial charge in [0.2, 0.25) is 17.7 Å². The third-order valence-electron chi connectivity index (χ3n) is 6.66. The van der Waals surface area contributed by atoms with Crippen LogP contribution in [0.25, 0.3) is 0 Å². The summed E-state index contributed by atoms with van der Waals surface area (Å²) in [6, 6.07) is -0.379. The fourth-order valence-electron chi connectivity index (χ4n) is 4.54. The van der Waals surface area contributed by atoms with E-state index in [1.54, 1.807) is 0 Å². The number of nitrogens with two attached hydrogens (primary N) is 2. The Bertz CT molecular complexity index is 900. The van der Waals surface area contributed by atoms with Crippen molar-refractivity contribution < 1.29 is 33.4 Å². The summed E-state index contributed by atoms with van der Waals surface area (Å²) in [6.07, 6.45) is 4.11. The van der Waals surface area contributed by atoms with Crippen molar-refractivity contribution in [3.05, 3.63) is 0 Å². The Morgan fingerprint density at radius 3 is 2.30 bits per heavy atom. The number of amides is 5. The Labute approximate surface area is 262 Å². The predicted molar refractivity (Wildman–Crippen MR) is 165 cm³/mol. The van der Waals surface area contributed by atoms with Gasteiger partial charge in [-0.25, -0.2) is 4.79 Å². The number of nitrogens with one attached hydrogen (secondary N) is 5. The van der Waals surface area contributed by atoms with Gasteiger partial charge in [-0.2, -0.15) is 11.8 Å². The summed E-state index contributed by atoms with van der Waals surface area (Å²) in [5.41, 5.74) is 10.6. The Kier molecular flexibility index (Phi) is 18.8. The zero-order valence-corrected chi connectivity index (χ0v) is 26.1. The molecule has 2 heterocycles. The second-order valence-corrected chi connectivity index (χ2v) is 11.6. The standard InChI is InChI=1S/C26H47ClN8O7S/c27-16-22(37)33-18(4-3-7-32-25(28)29)24(38)31-9-11-41-13-15-42-14-12-40-10-8-30-21(36)6-2-1-5-20-23-19(17-43-20)34-26(39)35-23/h18-20,23H,1-17H2,(H,30,36)(H,31,38)(H,33,37)(H4,28,29,32)(H2,34,35,39)/t18-,19-,20-,23-/m0/s1. The number of fused-ring (bicyclic) bond motifs is 1. The molecule has 2 fully saturated rings. The van der Waals surface area contributed by atoms with Crippen LogP contribution in [-0.2, 0) is 28.6 Å². The smallest absolute Gasteiger partial charge is 0.315 e. The number of unbranched alkanes of at least 4 members (excludes halogenated alkanes) is 1. The van der Waals surface area contributed by atoms with Crippen LogP contribution >= 0.6 is 23.4 Å². The van der Waals surface area contributed by atoms with Crippen LogP contribution in [0.15, 0.2) is 4.99 Å². The van der Waals surface area contributed by atoms with Crippen LogP contribution in [0.5, 0.6) is 0 Å². The number of urea groups is 1. The van der Waals surface area contributed by atoms with E-state index in [9.17, 15) is 19.2 Å². The SMILES string of the molecule is NC(N)=NCCC[C@H](NC(=O)CCl)C(=O)NCCOCCOCCOCCNC(=O)CCCC[C@@H]1SC[C@@H]2NC(=O)N[C@@H]21. The topological polar surface area (TPSA) is 221 Å². The summed E-state index contributed by atoms with van der Waals surface area (Å²) >= 11 is 7.42. The van der Waals surface area contributed by atoms with Crippen molar-refractivity contribution in [2.45, 2.75) is 61.9 Å². The average molecular weight is 651 g/mol. The molecule has 2 saturated heterocycles. The summed E-state index contributed by atoms with van der Waals surface area (Å²) < 4.78 is 16.4. The number of halogens is 1. The molecule has 2 aliphatic heterocycles. The highest BCUT2D eigenvalue weighted by Crippen LogP contribution is 2.33. The quantitative estimate of drug-likeness (QED) is 0.0217. The zero-order chi connectivity index (χ0) is 31.3. The lowest BCUT2D eigenvalue weighted by molar-refractivity contribution is -0.128. The van der Waals surface area contributed by atoms with Crippen LogP contribution in [0, 0.1) is 0 Å². The first-order valence-corrected chi connectivity index (χ1v) is 16.3. The second-order valence-electron chi connectivity index (χ2n) is 10.0. The number of hydrogen-bond acceptors (Lipinski definition) is 9. The van der Waals surface area contributed by atoms with Crippen LogP contribution in [0.4, 0.5) is 4.79 Å². The lowest BCUT2D eigenvalue weighted by atomic mass is 10.0. The van der Waals surface area contributed by atoms with Crippen molar-refractivity contribution in [2.75, 3.05) is 70.9 Å². The van der Waals surface area contributed by atoms with Crippen LogP contribution in [-0.4, -0.2) is 124 Å². The number of alkyl halides is 1. The molecule has 0 spiro atoms. The minimum atomic E-state index is -0.742. The maximum absolute atomic E-state index is 12.4. The van der Waals surface area contributed by atoms with E-state index in [1.807, 2.05) is 11.8 Å². The lowest BCUT2D eigenvalue weighted by Gasteiger charge is -2.17. The van der Waals surface area contributed by atoms with Crippen molar-refractivity contribution in [2.24, 2.45) is 16.5 Å². The van der Waals surface area contributed by atoms with Gasteiger partial charge in [-0.3, -0.25) is 19.4 Å². The van der Waals surface area contributed by atoms with Gasteiger partial charge in [-0.15, -0.1) is 11.6 Å². The van der Waals surface area contributed by atoms with Gasteiger partial charge in [0.15, 0.2) is 5.96 Å². The lowest BCUT2D eigenvalue weighted by Crippen LogP contribution is -2.48. The van der Waals surface area contributed by atoms with E-state index in [2.05, 4.69) is 31.6 Å².